The summed E-state index contributed by atoms with van der Waals surface area (Å²) in [4.78, 5) is -0.0951. The monoisotopic (exact) mass is 341 g/mol. The predicted molar refractivity (Wildman–Crippen MR) is 61.6 cm³/mol. The maximum Gasteiger partial charge on any atom is 0.263 e. The lowest BCUT2D eigenvalue weighted by Gasteiger charge is -2.05. The van der Waals surface area contributed by atoms with Gasteiger partial charge in [-0.05, 0) is 41.1 Å². The Morgan fingerprint density at radius 2 is 2.07 bits per heavy atom. The summed E-state index contributed by atoms with van der Waals surface area (Å²) < 4.78 is 22.9. The lowest BCUT2D eigenvalue weighted by atomic mass is 10.2. The summed E-state index contributed by atoms with van der Waals surface area (Å²) in [5.41, 5.74) is 0.860. The average Bonchev–Trinajstić information content (AvgIpc) is 2.07. The van der Waals surface area contributed by atoms with Crippen molar-refractivity contribution in [3.05, 3.63) is 26.8 Å². The molecule has 0 unspecified atom stereocenters. The fourth-order valence-corrected chi connectivity index (χ4v) is 3.94. The molecule has 0 amide bonds. The number of nitrogens with zero attached hydrogens (tertiary/aromatic N) is 1. The topological polar surface area (TPSA) is 57.9 Å². The van der Waals surface area contributed by atoms with Crippen molar-refractivity contribution in [1.82, 2.24) is 0 Å². The first kappa shape index (κ1) is 11.8. The minimum atomic E-state index is -3.86. The summed E-state index contributed by atoms with van der Waals surface area (Å²) in [6.45, 7) is 1.76. The molecule has 1 aromatic carbocycles. The lowest BCUT2D eigenvalue weighted by Crippen LogP contribution is -2.00. The number of aryl methyl sites for hydroxylation is 1. The van der Waals surface area contributed by atoms with E-state index in [1.807, 2.05) is 22.6 Å². The molecule has 0 atom stereocenters. The number of rotatable bonds is 1. The van der Waals surface area contributed by atoms with E-state index in [1.54, 1.807) is 19.1 Å². The molecule has 0 aromatic heterocycles. The second-order valence-corrected chi connectivity index (χ2v) is 6.20. The van der Waals surface area contributed by atoms with Crippen molar-refractivity contribution in [3.8, 4) is 6.07 Å². The van der Waals surface area contributed by atoms with E-state index in [-0.39, 0.29) is 10.5 Å². The van der Waals surface area contributed by atoms with Crippen LogP contribution >= 0.6 is 33.3 Å². The first-order chi connectivity index (χ1) is 6.38. The van der Waals surface area contributed by atoms with Crippen LogP contribution in [0.5, 0.6) is 0 Å². The van der Waals surface area contributed by atoms with E-state index < -0.39 is 9.05 Å². The maximum absolute atomic E-state index is 11.2. The van der Waals surface area contributed by atoms with Crippen LogP contribution in [0.1, 0.15) is 11.1 Å². The molecular formula is C8H5ClINO2S. The van der Waals surface area contributed by atoms with Crippen molar-refractivity contribution in [1.29, 1.82) is 5.26 Å². The van der Waals surface area contributed by atoms with Crippen LogP contribution in [0.4, 0.5) is 0 Å². The van der Waals surface area contributed by atoms with E-state index in [0.29, 0.717) is 3.57 Å². The summed E-state index contributed by atoms with van der Waals surface area (Å²) in [6.07, 6.45) is 0. The van der Waals surface area contributed by atoms with Crippen LogP contribution in [-0.4, -0.2) is 8.42 Å². The van der Waals surface area contributed by atoms with E-state index in [9.17, 15) is 8.42 Å². The molecule has 14 heavy (non-hydrogen) atoms. The van der Waals surface area contributed by atoms with E-state index >= 15 is 0 Å². The Morgan fingerprint density at radius 1 is 1.50 bits per heavy atom. The van der Waals surface area contributed by atoms with E-state index in [1.165, 1.54) is 6.07 Å². The standard InChI is InChI=1S/C8H5ClINO2S/c1-5-2-3-6(4-11)8(7(5)10)14(9,12)13/h2-3H,1H3. The number of halogens is 2. The molecule has 3 nitrogen and oxygen atoms in total. The van der Waals surface area contributed by atoms with Crippen molar-refractivity contribution >= 4 is 42.3 Å². The molecule has 6 heteroatoms. The van der Waals surface area contributed by atoms with E-state index in [0.717, 1.165) is 5.56 Å². The highest BCUT2D eigenvalue weighted by atomic mass is 127. The largest absolute Gasteiger partial charge is 0.263 e. The molecule has 0 N–H and O–H groups in total. The number of hydrogen-bond acceptors (Lipinski definition) is 3. The van der Waals surface area contributed by atoms with Crippen molar-refractivity contribution in [3.63, 3.8) is 0 Å². The molecule has 0 aliphatic carbocycles. The van der Waals surface area contributed by atoms with Crippen LogP contribution < -0.4 is 0 Å². The van der Waals surface area contributed by atoms with Crippen LogP contribution in [0, 0.1) is 21.8 Å². The Morgan fingerprint density at radius 3 is 2.50 bits per heavy atom. The third-order valence-corrected chi connectivity index (χ3v) is 4.79. The third kappa shape index (κ3) is 2.19. The Hall–Kier alpha value is -0.320. The van der Waals surface area contributed by atoms with Gasteiger partial charge in [-0.2, -0.15) is 5.26 Å². The smallest absolute Gasteiger partial charge is 0.207 e. The molecule has 0 fully saturated rings. The summed E-state index contributed by atoms with van der Waals surface area (Å²) in [6, 6.07) is 4.94. The van der Waals surface area contributed by atoms with Gasteiger partial charge in [-0.15, -0.1) is 0 Å². The first-order valence-electron chi connectivity index (χ1n) is 3.52. The normalized spacial score (nSPS) is 11.0. The maximum atomic E-state index is 11.2. The summed E-state index contributed by atoms with van der Waals surface area (Å²) in [7, 11) is 1.38. The predicted octanol–water partition coefficient (Wildman–Crippen LogP) is 2.40. The van der Waals surface area contributed by atoms with Gasteiger partial charge in [-0.25, -0.2) is 8.42 Å². The second kappa shape index (κ2) is 4.04. The Balaban J connectivity index is 3.72. The molecular weight excluding hydrogens is 337 g/mol. The number of benzene rings is 1. The number of hydrogen-bond donors (Lipinski definition) is 0. The molecule has 0 aliphatic heterocycles. The van der Waals surface area contributed by atoms with E-state index in [2.05, 4.69) is 0 Å². The van der Waals surface area contributed by atoms with Gasteiger partial charge in [0.1, 0.15) is 11.0 Å². The van der Waals surface area contributed by atoms with Crippen molar-refractivity contribution in [2.75, 3.05) is 0 Å². The Kier molecular flexibility index (Phi) is 3.40. The molecule has 0 bridgehead atoms. The molecule has 74 valence electrons. The zero-order valence-corrected chi connectivity index (χ0v) is 10.8. The Labute approximate surface area is 100 Å². The highest BCUT2D eigenvalue weighted by Gasteiger charge is 2.20. The summed E-state index contributed by atoms with van der Waals surface area (Å²) >= 11 is 1.86. The highest BCUT2D eigenvalue weighted by molar-refractivity contribution is 14.1. The zero-order chi connectivity index (χ0) is 10.9. The average molecular weight is 342 g/mol. The van der Waals surface area contributed by atoms with Crippen molar-refractivity contribution < 1.29 is 8.42 Å². The summed E-state index contributed by atoms with van der Waals surface area (Å²) in [5, 5.41) is 8.72. The van der Waals surface area contributed by atoms with Crippen LogP contribution in [0.25, 0.3) is 0 Å². The van der Waals surface area contributed by atoms with Crippen molar-refractivity contribution in [2.24, 2.45) is 0 Å². The molecule has 1 aromatic rings. The quantitative estimate of drug-likeness (QED) is 0.582. The van der Waals surface area contributed by atoms with Crippen LogP contribution in [0.15, 0.2) is 17.0 Å². The molecule has 1 rings (SSSR count). The Bertz CT molecular complexity index is 519. The molecule has 0 heterocycles. The minimum absolute atomic E-state index is 0.0787. The van der Waals surface area contributed by atoms with Gasteiger partial charge in [0.25, 0.3) is 9.05 Å². The van der Waals surface area contributed by atoms with Gasteiger partial charge < -0.3 is 0 Å². The van der Waals surface area contributed by atoms with Crippen molar-refractivity contribution in [2.45, 2.75) is 11.8 Å². The van der Waals surface area contributed by atoms with Gasteiger partial charge in [0.2, 0.25) is 0 Å². The molecule has 0 saturated carbocycles. The van der Waals surface area contributed by atoms with Crippen LogP contribution in [0.2, 0.25) is 0 Å². The zero-order valence-electron chi connectivity index (χ0n) is 7.08. The second-order valence-electron chi connectivity index (χ2n) is 2.62. The molecule has 0 aliphatic rings. The van der Waals surface area contributed by atoms with Crippen LogP contribution in [0.3, 0.4) is 0 Å². The van der Waals surface area contributed by atoms with Crippen LogP contribution in [-0.2, 0) is 9.05 Å². The lowest BCUT2D eigenvalue weighted by molar-refractivity contribution is 0.608. The van der Waals surface area contributed by atoms with Gasteiger partial charge in [-0.3, -0.25) is 0 Å². The van der Waals surface area contributed by atoms with Gasteiger partial charge >= 0.3 is 0 Å². The van der Waals surface area contributed by atoms with Gasteiger partial charge in [0.15, 0.2) is 0 Å². The van der Waals surface area contributed by atoms with Gasteiger partial charge in [-0.1, -0.05) is 6.07 Å². The van der Waals surface area contributed by atoms with E-state index in [4.69, 9.17) is 15.9 Å². The summed E-state index contributed by atoms with van der Waals surface area (Å²) in [5.74, 6) is 0. The van der Waals surface area contributed by atoms with Gasteiger partial charge in [0.05, 0.1) is 5.56 Å². The van der Waals surface area contributed by atoms with Gasteiger partial charge in [0, 0.05) is 14.3 Å². The number of nitriles is 1. The fraction of sp³-hybridized carbons (Fsp3) is 0.125. The first-order valence-corrected chi connectivity index (χ1v) is 6.90. The SMILES string of the molecule is Cc1ccc(C#N)c(S(=O)(=O)Cl)c1I. The molecule has 0 saturated heterocycles. The molecule has 0 spiro atoms. The molecule has 0 radical (unpaired) electrons. The third-order valence-electron chi connectivity index (χ3n) is 1.65. The highest BCUT2D eigenvalue weighted by Crippen LogP contribution is 2.27. The minimum Gasteiger partial charge on any atom is -0.207 e. The fourth-order valence-electron chi connectivity index (χ4n) is 0.981.